The average Bonchev–Trinajstić information content (AvgIpc) is 3.15. The summed E-state index contributed by atoms with van der Waals surface area (Å²) in [4.78, 5) is 29.5. The highest BCUT2D eigenvalue weighted by molar-refractivity contribution is 7.17. The maximum atomic E-state index is 12.8. The summed E-state index contributed by atoms with van der Waals surface area (Å²) in [5.41, 5.74) is 3.04. The lowest BCUT2D eigenvalue weighted by molar-refractivity contribution is 0.0969. The number of carbonyl (C=O) groups excluding carboxylic acids is 1. The lowest BCUT2D eigenvalue weighted by atomic mass is 10.1. The molecule has 0 bridgehead atoms. The van der Waals surface area contributed by atoms with E-state index >= 15 is 0 Å². The zero-order chi connectivity index (χ0) is 18.1. The molecule has 3 aromatic rings. The van der Waals surface area contributed by atoms with Gasteiger partial charge in [-0.15, -0.1) is 11.3 Å². The van der Waals surface area contributed by atoms with E-state index in [9.17, 15) is 9.59 Å². The molecule has 0 radical (unpaired) electrons. The van der Waals surface area contributed by atoms with E-state index in [2.05, 4.69) is 16.5 Å². The highest BCUT2D eigenvalue weighted by Gasteiger charge is 2.19. The Bertz CT molecular complexity index is 983. The molecule has 0 fully saturated rings. The van der Waals surface area contributed by atoms with E-state index in [0.29, 0.717) is 22.4 Å². The zero-order valence-electron chi connectivity index (χ0n) is 14.8. The van der Waals surface area contributed by atoms with E-state index in [0.717, 1.165) is 11.4 Å². The molecular weight excluding hydrogens is 338 g/mol. The van der Waals surface area contributed by atoms with E-state index in [-0.39, 0.29) is 23.9 Å². The Balaban J connectivity index is 1.92. The molecule has 0 saturated carbocycles. The van der Waals surface area contributed by atoms with Crippen LogP contribution in [0.4, 0.5) is 0 Å². The second kappa shape index (κ2) is 6.93. The third kappa shape index (κ3) is 3.17. The van der Waals surface area contributed by atoms with Crippen LogP contribution in [-0.4, -0.2) is 33.6 Å². The minimum absolute atomic E-state index is 0.0113. The summed E-state index contributed by atoms with van der Waals surface area (Å²) in [6.07, 6.45) is 1.45. The number of hydrogen-bond donors (Lipinski definition) is 0. The van der Waals surface area contributed by atoms with Crippen LogP contribution in [0.25, 0.3) is 10.2 Å². The predicted molar refractivity (Wildman–Crippen MR) is 98.7 cm³/mol. The molecule has 0 saturated heterocycles. The lowest BCUT2D eigenvalue weighted by Crippen LogP contribution is -2.24. The average molecular weight is 359 g/mol. The van der Waals surface area contributed by atoms with Crippen LogP contribution in [0.15, 0.2) is 28.6 Å². The smallest absolute Gasteiger partial charge is 0.271 e. The van der Waals surface area contributed by atoms with Gasteiger partial charge in [0.15, 0.2) is 5.78 Å². The first-order chi connectivity index (χ1) is 11.9. The highest BCUT2D eigenvalue weighted by Crippen LogP contribution is 2.21. The van der Waals surface area contributed by atoms with Gasteiger partial charge in [-0.1, -0.05) is 0 Å². The first kappa shape index (κ1) is 17.6. The molecule has 132 valence electrons. The van der Waals surface area contributed by atoms with E-state index in [4.69, 9.17) is 4.74 Å². The number of fused-ring (bicyclic) bond motifs is 1. The molecule has 0 aromatic carbocycles. The Kier molecular flexibility index (Phi) is 4.87. The van der Waals surface area contributed by atoms with Crippen molar-refractivity contribution in [1.82, 2.24) is 14.1 Å². The Morgan fingerprint density at radius 1 is 1.40 bits per heavy atom. The second-order valence-electron chi connectivity index (χ2n) is 6.19. The Morgan fingerprint density at radius 3 is 2.88 bits per heavy atom. The number of thiophene rings is 1. The van der Waals surface area contributed by atoms with Crippen LogP contribution in [0.5, 0.6) is 0 Å². The third-order valence-corrected chi connectivity index (χ3v) is 5.27. The van der Waals surface area contributed by atoms with Crippen LogP contribution < -0.4 is 5.56 Å². The van der Waals surface area contributed by atoms with Gasteiger partial charge in [-0.25, -0.2) is 4.98 Å². The van der Waals surface area contributed by atoms with Crippen molar-refractivity contribution in [1.29, 1.82) is 0 Å². The number of aromatic nitrogens is 3. The van der Waals surface area contributed by atoms with Crippen LogP contribution >= 0.6 is 11.3 Å². The fourth-order valence-electron chi connectivity index (χ4n) is 3.28. The molecule has 3 heterocycles. The van der Waals surface area contributed by atoms with Crippen LogP contribution in [0.3, 0.4) is 0 Å². The lowest BCUT2D eigenvalue weighted by Gasteiger charge is -2.17. The Labute approximate surface area is 149 Å². The molecule has 1 atom stereocenters. The van der Waals surface area contributed by atoms with Crippen LogP contribution in [-0.2, 0) is 11.3 Å². The van der Waals surface area contributed by atoms with E-state index < -0.39 is 0 Å². The predicted octanol–water partition coefficient (Wildman–Crippen LogP) is 2.97. The van der Waals surface area contributed by atoms with Crippen molar-refractivity contribution in [3.05, 3.63) is 51.1 Å². The van der Waals surface area contributed by atoms with Crippen molar-refractivity contribution in [3.8, 4) is 0 Å². The summed E-state index contributed by atoms with van der Waals surface area (Å²) in [6.45, 7) is 6.51. The van der Waals surface area contributed by atoms with Gasteiger partial charge in [0.25, 0.3) is 5.56 Å². The van der Waals surface area contributed by atoms with Crippen LogP contribution in [0, 0.1) is 13.8 Å². The topological polar surface area (TPSA) is 66.1 Å². The number of aryl methyl sites for hydroxylation is 1. The van der Waals surface area contributed by atoms with Gasteiger partial charge in [0.05, 0.1) is 31.0 Å². The minimum atomic E-state index is -0.171. The van der Waals surface area contributed by atoms with Crippen molar-refractivity contribution in [2.24, 2.45) is 0 Å². The monoisotopic (exact) mass is 359 g/mol. The molecule has 0 N–H and O–H groups in total. The van der Waals surface area contributed by atoms with Crippen molar-refractivity contribution in [3.63, 3.8) is 0 Å². The largest absolute Gasteiger partial charge is 0.383 e. The van der Waals surface area contributed by atoms with Gasteiger partial charge < -0.3 is 9.30 Å². The number of rotatable bonds is 6. The molecule has 6 nitrogen and oxygen atoms in total. The Morgan fingerprint density at radius 2 is 2.16 bits per heavy atom. The molecular formula is C18H21N3O3S. The maximum absolute atomic E-state index is 12.8. The quantitative estimate of drug-likeness (QED) is 0.635. The number of ether oxygens (including phenoxy) is 1. The number of hydrogen-bond acceptors (Lipinski definition) is 5. The maximum Gasteiger partial charge on any atom is 0.271 e. The van der Waals surface area contributed by atoms with E-state index in [1.165, 1.54) is 22.2 Å². The van der Waals surface area contributed by atoms with Crippen molar-refractivity contribution >= 4 is 27.3 Å². The standard InChI is InChI=1S/C18H21N3O3S/c1-11-7-14(13(3)21(11)12(2)9-24-4)16(22)8-20-10-19-15-5-6-25-17(15)18(20)23/h5-7,10,12H,8-9H2,1-4H3/t12-/m0/s1. The number of nitrogens with zero attached hydrogens (tertiary/aromatic N) is 3. The first-order valence-corrected chi connectivity index (χ1v) is 8.95. The van der Waals surface area contributed by atoms with Crippen molar-refractivity contribution in [2.45, 2.75) is 33.4 Å². The van der Waals surface area contributed by atoms with Crippen molar-refractivity contribution < 1.29 is 9.53 Å². The number of carbonyl (C=O) groups is 1. The summed E-state index contributed by atoms with van der Waals surface area (Å²) in [5, 5.41) is 1.83. The summed E-state index contributed by atoms with van der Waals surface area (Å²) < 4.78 is 9.28. The normalized spacial score (nSPS) is 12.6. The van der Waals surface area contributed by atoms with Gasteiger partial charge in [0.1, 0.15) is 4.70 Å². The summed E-state index contributed by atoms with van der Waals surface area (Å²) in [7, 11) is 1.66. The van der Waals surface area contributed by atoms with Gasteiger partial charge in [0, 0.05) is 24.1 Å². The molecule has 0 amide bonds. The summed E-state index contributed by atoms with van der Waals surface area (Å²) in [5.74, 6) is -0.0937. The molecule has 0 unspecified atom stereocenters. The minimum Gasteiger partial charge on any atom is -0.383 e. The van der Waals surface area contributed by atoms with Gasteiger partial charge in [-0.05, 0) is 38.3 Å². The highest BCUT2D eigenvalue weighted by atomic mass is 32.1. The number of methoxy groups -OCH3 is 1. The summed E-state index contributed by atoms with van der Waals surface area (Å²) in [6, 6.07) is 3.82. The van der Waals surface area contributed by atoms with Gasteiger partial charge in [-0.2, -0.15) is 0 Å². The fourth-order valence-corrected chi connectivity index (χ4v) is 4.08. The van der Waals surface area contributed by atoms with E-state index in [1.54, 1.807) is 13.2 Å². The molecule has 25 heavy (non-hydrogen) atoms. The van der Waals surface area contributed by atoms with Gasteiger partial charge in [-0.3, -0.25) is 14.2 Å². The second-order valence-corrected chi connectivity index (χ2v) is 7.11. The van der Waals surface area contributed by atoms with Crippen LogP contribution in [0.1, 0.15) is 34.7 Å². The molecule has 3 rings (SSSR count). The molecule has 0 aliphatic rings. The van der Waals surface area contributed by atoms with E-state index in [1.807, 2.05) is 25.3 Å². The van der Waals surface area contributed by atoms with Crippen molar-refractivity contribution in [2.75, 3.05) is 13.7 Å². The summed E-state index contributed by atoms with van der Waals surface area (Å²) >= 11 is 1.34. The molecule has 7 heteroatoms. The molecule has 0 aliphatic carbocycles. The van der Waals surface area contributed by atoms with Gasteiger partial charge in [0.2, 0.25) is 0 Å². The number of Topliss-reactive ketones (excluding diaryl/α,β-unsaturated/α-hetero) is 1. The fraction of sp³-hybridized carbons (Fsp3) is 0.389. The Hall–Kier alpha value is -2.25. The molecule has 0 spiro atoms. The molecule has 0 aliphatic heterocycles. The SMILES string of the molecule is COC[C@H](C)n1c(C)cc(C(=O)Cn2cnc3ccsc3c2=O)c1C. The number of ketones is 1. The van der Waals surface area contributed by atoms with Crippen LogP contribution in [0.2, 0.25) is 0 Å². The van der Waals surface area contributed by atoms with Gasteiger partial charge >= 0.3 is 0 Å². The molecule has 3 aromatic heterocycles. The third-order valence-electron chi connectivity index (χ3n) is 4.38. The first-order valence-electron chi connectivity index (χ1n) is 8.07. The zero-order valence-corrected chi connectivity index (χ0v) is 15.6.